The monoisotopic (exact) mass is 440 g/mol. The van der Waals surface area contributed by atoms with Crippen LogP contribution in [0.1, 0.15) is 23.2 Å². The Labute approximate surface area is 181 Å². The molecular weight excluding hydrogens is 420 g/mol. The third-order valence-corrected chi connectivity index (χ3v) is 6.13. The molecule has 4 N–H and O–H groups in total. The molecule has 2 aromatic carbocycles. The number of carboxylic acids is 4. The quantitative estimate of drug-likeness (QED) is 0.517. The molecule has 32 heavy (non-hydrogen) atoms. The minimum atomic E-state index is -1.67. The van der Waals surface area contributed by atoms with E-state index in [1.54, 1.807) is 60.7 Å². The molecule has 0 radical (unpaired) electrons. The van der Waals surface area contributed by atoms with Crippen molar-refractivity contribution in [1.82, 2.24) is 10.0 Å². The van der Waals surface area contributed by atoms with Crippen molar-refractivity contribution in [2.75, 3.05) is 0 Å². The lowest BCUT2D eigenvalue weighted by atomic mass is 9.82. The molecule has 0 aliphatic carbocycles. The molecule has 2 aromatic rings. The van der Waals surface area contributed by atoms with Crippen LogP contribution in [0.2, 0.25) is 0 Å². The van der Waals surface area contributed by atoms with Crippen LogP contribution in [0.3, 0.4) is 0 Å². The summed E-state index contributed by atoms with van der Waals surface area (Å²) in [6.07, 6.45) is 0. The van der Waals surface area contributed by atoms with Gasteiger partial charge in [0.15, 0.2) is 0 Å². The van der Waals surface area contributed by atoms with Gasteiger partial charge in [0.1, 0.15) is 23.9 Å². The molecule has 2 heterocycles. The first-order chi connectivity index (χ1) is 15.3. The Morgan fingerprint density at radius 2 is 0.844 bits per heavy atom. The van der Waals surface area contributed by atoms with Gasteiger partial charge in [0.25, 0.3) is 0 Å². The lowest BCUT2D eigenvalue weighted by Gasteiger charge is -2.31. The maximum atomic E-state index is 12.3. The zero-order valence-electron chi connectivity index (χ0n) is 16.6. The van der Waals surface area contributed by atoms with Gasteiger partial charge in [-0.3, -0.25) is 19.2 Å². The fraction of sp³-hybridized carbons (Fsp3) is 0.273. The maximum Gasteiger partial charge on any atom is 0.323 e. The van der Waals surface area contributed by atoms with Crippen molar-refractivity contribution in [2.24, 2.45) is 11.8 Å². The Bertz CT molecular complexity index is 975. The van der Waals surface area contributed by atoms with Crippen molar-refractivity contribution in [2.45, 2.75) is 24.2 Å². The molecule has 0 amide bonds. The Kier molecular flexibility index (Phi) is 5.41. The number of aliphatic carboxylic acids is 4. The summed E-state index contributed by atoms with van der Waals surface area (Å²) >= 11 is 0. The molecule has 0 unspecified atom stereocenters. The largest absolute Gasteiger partial charge is 0.481 e. The Hall–Kier alpha value is -3.76. The molecule has 2 aliphatic heterocycles. The first-order valence-corrected chi connectivity index (χ1v) is 9.83. The highest BCUT2D eigenvalue weighted by Gasteiger charge is 2.68. The molecule has 6 atom stereocenters. The van der Waals surface area contributed by atoms with E-state index in [2.05, 4.69) is 0 Å². The molecule has 0 aromatic heterocycles. The van der Waals surface area contributed by atoms with Gasteiger partial charge >= 0.3 is 23.9 Å². The van der Waals surface area contributed by atoms with Crippen molar-refractivity contribution < 1.29 is 39.6 Å². The predicted molar refractivity (Wildman–Crippen MR) is 107 cm³/mol. The summed E-state index contributed by atoms with van der Waals surface area (Å²) < 4.78 is 0. The Morgan fingerprint density at radius 3 is 1.09 bits per heavy atom. The van der Waals surface area contributed by atoms with Crippen molar-refractivity contribution in [3.8, 4) is 0 Å². The van der Waals surface area contributed by atoms with Gasteiger partial charge in [-0.05, 0) is 11.1 Å². The molecule has 0 bridgehead atoms. The normalized spacial score (nSPS) is 30.0. The molecule has 2 saturated heterocycles. The molecule has 10 nitrogen and oxygen atoms in total. The number of carboxylic acid groups (broad SMARTS) is 4. The second-order valence-electron chi connectivity index (χ2n) is 7.77. The summed E-state index contributed by atoms with van der Waals surface area (Å²) in [7, 11) is 0. The third-order valence-electron chi connectivity index (χ3n) is 6.13. The van der Waals surface area contributed by atoms with E-state index in [1.165, 1.54) is 0 Å². The zero-order valence-corrected chi connectivity index (χ0v) is 16.6. The van der Waals surface area contributed by atoms with Gasteiger partial charge in [-0.15, -0.1) is 0 Å². The van der Waals surface area contributed by atoms with E-state index >= 15 is 0 Å². The van der Waals surface area contributed by atoms with Crippen LogP contribution in [0, 0.1) is 11.8 Å². The number of nitrogens with zero attached hydrogens (tertiary/aromatic N) is 2. The number of carbonyl (C=O) groups is 4. The summed E-state index contributed by atoms with van der Waals surface area (Å²) in [6, 6.07) is 10.5. The number of hydrazine groups is 1. The van der Waals surface area contributed by atoms with Crippen LogP contribution in [0.25, 0.3) is 0 Å². The first kappa shape index (κ1) is 21.5. The van der Waals surface area contributed by atoms with Gasteiger partial charge in [-0.1, -0.05) is 60.7 Å². The summed E-state index contributed by atoms with van der Waals surface area (Å²) in [6.45, 7) is 0. The number of rotatable bonds is 6. The second kappa shape index (κ2) is 8.06. The zero-order chi connectivity index (χ0) is 23.2. The predicted octanol–water partition coefficient (Wildman–Crippen LogP) is 1.32. The van der Waals surface area contributed by atoms with E-state index in [-0.39, 0.29) is 0 Å². The van der Waals surface area contributed by atoms with Crippen molar-refractivity contribution in [3.63, 3.8) is 0 Å². The summed E-state index contributed by atoms with van der Waals surface area (Å²) in [5.74, 6) is -8.84. The number of benzene rings is 2. The summed E-state index contributed by atoms with van der Waals surface area (Å²) in [5, 5.41) is 42.3. The number of hydrogen-bond donors (Lipinski definition) is 4. The minimum Gasteiger partial charge on any atom is -0.481 e. The van der Waals surface area contributed by atoms with Gasteiger partial charge in [0.05, 0.1) is 12.1 Å². The standard InChI is InChI=1S/C22H20N2O8/c25-19(26)13-15(11-7-3-1-4-8-11)23-18(22(31)32)14(20(27)28)16(12-9-5-2-6-10-12)24(23)17(13)21(29)30/h1-10,13-18H,(H,25,26)(H,27,28)(H,29,30)(H,31,32)/t13-,14-,15-,16-,17+,18+/m0/s1. The topological polar surface area (TPSA) is 156 Å². The highest BCUT2D eigenvalue weighted by atomic mass is 16.4. The average Bonchev–Trinajstić information content (AvgIpc) is 3.27. The molecule has 166 valence electrons. The van der Waals surface area contributed by atoms with Crippen LogP contribution in [0.5, 0.6) is 0 Å². The Balaban J connectivity index is 2.00. The van der Waals surface area contributed by atoms with Crippen LogP contribution < -0.4 is 0 Å². The van der Waals surface area contributed by atoms with E-state index in [0.29, 0.717) is 11.1 Å². The molecule has 2 aliphatic rings. The highest BCUT2D eigenvalue weighted by Crippen LogP contribution is 2.55. The van der Waals surface area contributed by atoms with E-state index in [9.17, 15) is 39.6 Å². The van der Waals surface area contributed by atoms with Crippen LogP contribution in [0.15, 0.2) is 60.7 Å². The minimum absolute atomic E-state index is 0.387. The van der Waals surface area contributed by atoms with E-state index in [1.807, 2.05) is 0 Å². The van der Waals surface area contributed by atoms with Gasteiger partial charge in [0.2, 0.25) is 0 Å². The molecule has 4 rings (SSSR count). The van der Waals surface area contributed by atoms with Gasteiger partial charge in [-0.25, -0.2) is 10.0 Å². The second-order valence-corrected chi connectivity index (χ2v) is 7.77. The van der Waals surface area contributed by atoms with Crippen LogP contribution in [-0.2, 0) is 19.2 Å². The van der Waals surface area contributed by atoms with Crippen LogP contribution in [0.4, 0.5) is 0 Å². The molecule has 0 spiro atoms. The van der Waals surface area contributed by atoms with Crippen LogP contribution >= 0.6 is 0 Å². The molecular formula is C22H20N2O8. The van der Waals surface area contributed by atoms with Crippen molar-refractivity contribution in [3.05, 3.63) is 71.8 Å². The van der Waals surface area contributed by atoms with Crippen LogP contribution in [-0.4, -0.2) is 66.4 Å². The van der Waals surface area contributed by atoms with E-state index < -0.39 is 59.9 Å². The summed E-state index contributed by atoms with van der Waals surface area (Å²) in [4.78, 5) is 49.3. The third kappa shape index (κ3) is 3.20. The maximum absolute atomic E-state index is 12.3. The van der Waals surface area contributed by atoms with Crippen molar-refractivity contribution >= 4 is 23.9 Å². The highest BCUT2D eigenvalue weighted by molar-refractivity contribution is 5.88. The van der Waals surface area contributed by atoms with Crippen molar-refractivity contribution in [1.29, 1.82) is 0 Å². The van der Waals surface area contributed by atoms with E-state index in [0.717, 1.165) is 10.0 Å². The van der Waals surface area contributed by atoms with Gasteiger partial charge < -0.3 is 20.4 Å². The first-order valence-electron chi connectivity index (χ1n) is 9.83. The van der Waals surface area contributed by atoms with Gasteiger partial charge in [-0.2, -0.15) is 0 Å². The lowest BCUT2D eigenvalue weighted by Crippen LogP contribution is -2.46. The smallest absolute Gasteiger partial charge is 0.323 e. The number of fused-ring (bicyclic) bond motifs is 1. The summed E-state index contributed by atoms with van der Waals surface area (Å²) in [5.41, 5.74) is 0.774. The molecule has 2 fully saturated rings. The molecule has 0 saturated carbocycles. The fourth-order valence-electron chi connectivity index (χ4n) is 5.02. The average molecular weight is 440 g/mol. The fourth-order valence-corrected chi connectivity index (χ4v) is 5.02. The number of hydrogen-bond acceptors (Lipinski definition) is 6. The lowest BCUT2D eigenvalue weighted by molar-refractivity contribution is -0.156. The SMILES string of the molecule is O=C(O)[C@@H]1[C@H](C(=O)O)N2[C@@H](c3ccccc3)[C@H](C(=O)O)[C@H](C(=O)O)N2[C@H]1c1ccccc1. The molecule has 10 heteroatoms. The van der Waals surface area contributed by atoms with Gasteiger partial charge in [0, 0.05) is 0 Å². The van der Waals surface area contributed by atoms with E-state index in [4.69, 9.17) is 0 Å². The Morgan fingerprint density at radius 1 is 0.531 bits per heavy atom.